The van der Waals surface area contributed by atoms with E-state index >= 15 is 0 Å². The van der Waals surface area contributed by atoms with Crippen molar-refractivity contribution in [3.05, 3.63) is 78.2 Å². The molecule has 0 saturated heterocycles. The molecule has 32 heavy (non-hydrogen) atoms. The standard InChI is InChI=1S/C26H27N3O2S/c1-18(2)29(20-8-6-5-7-9-20)21-12-10-19(11-13-21)27-26-28-24(17-32-26)23-15-14-22(30-3)16-25(23)31-4/h5-18H,1-4H3,(H,27,28). The zero-order valence-corrected chi connectivity index (χ0v) is 19.5. The number of benzene rings is 3. The zero-order valence-electron chi connectivity index (χ0n) is 18.7. The molecule has 1 N–H and O–H groups in total. The summed E-state index contributed by atoms with van der Waals surface area (Å²) in [5.74, 6) is 1.49. The molecule has 0 aliphatic carbocycles. The zero-order chi connectivity index (χ0) is 22.5. The van der Waals surface area contributed by atoms with E-state index in [-0.39, 0.29) is 0 Å². The molecule has 5 nitrogen and oxygen atoms in total. The highest BCUT2D eigenvalue weighted by atomic mass is 32.1. The minimum atomic E-state index is 0.345. The molecule has 0 unspecified atom stereocenters. The summed E-state index contributed by atoms with van der Waals surface area (Å²) in [5.41, 5.74) is 5.13. The van der Waals surface area contributed by atoms with Crippen LogP contribution in [0.3, 0.4) is 0 Å². The predicted octanol–water partition coefficient (Wildman–Crippen LogP) is 7.12. The second-order valence-corrected chi connectivity index (χ2v) is 8.43. The van der Waals surface area contributed by atoms with Crippen LogP contribution in [0.15, 0.2) is 78.2 Å². The van der Waals surface area contributed by atoms with Crippen molar-refractivity contribution >= 4 is 33.5 Å². The Bertz CT molecular complexity index is 1160. The van der Waals surface area contributed by atoms with Crippen molar-refractivity contribution in [1.29, 1.82) is 0 Å². The first-order chi connectivity index (χ1) is 15.6. The molecule has 0 aliphatic rings. The molecule has 0 fully saturated rings. The lowest BCUT2D eigenvalue weighted by molar-refractivity contribution is 0.395. The van der Waals surface area contributed by atoms with Gasteiger partial charge in [0.25, 0.3) is 0 Å². The van der Waals surface area contributed by atoms with Gasteiger partial charge in [0.05, 0.1) is 19.9 Å². The van der Waals surface area contributed by atoms with Gasteiger partial charge in [-0.25, -0.2) is 4.98 Å². The van der Waals surface area contributed by atoms with Gasteiger partial charge in [-0.05, 0) is 62.4 Å². The van der Waals surface area contributed by atoms with Gasteiger partial charge in [-0.1, -0.05) is 18.2 Å². The predicted molar refractivity (Wildman–Crippen MR) is 134 cm³/mol. The molecule has 0 saturated carbocycles. The Labute approximate surface area is 193 Å². The summed E-state index contributed by atoms with van der Waals surface area (Å²) in [6, 6.07) is 25.0. The van der Waals surface area contributed by atoms with E-state index in [9.17, 15) is 0 Å². The van der Waals surface area contributed by atoms with Gasteiger partial charge in [0.2, 0.25) is 0 Å². The van der Waals surface area contributed by atoms with Crippen molar-refractivity contribution in [3.8, 4) is 22.8 Å². The van der Waals surface area contributed by atoms with Crippen LogP contribution < -0.4 is 19.7 Å². The third kappa shape index (κ3) is 4.70. The van der Waals surface area contributed by atoms with Crippen molar-refractivity contribution < 1.29 is 9.47 Å². The van der Waals surface area contributed by atoms with Crippen molar-refractivity contribution in [2.45, 2.75) is 19.9 Å². The summed E-state index contributed by atoms with van der Waals surface area (Å²) in [7, 11) is 3.30. The Balaban J connectivity index is 1.52. The molecule has 4 aromatic rings. The second-order valence-electron chi connectivity index (χ2n) is 7.58. The van der Waals surface area contributed by atoms with Gasteiger partial charge in [-0.3, -0.25) is 0 Å². The minimum Gasteiger partial charge on any atom is -0.497 e. The largest absolute Gasteiger partial charge is 0.497 e. The molecule has 0 amide bonds. The number of hydrogen-bond acceptors (Lipinski definition) is 6. The van der Waals surface area contributed by atoms with Crippen molar-refractivity contribution in [2.24, 2.45) is 0 Å². The highest BCUT2D eigenvalue weighted by molar-refractivity contribution is 7.14. The summed E-state index contributed by atoms with van der Waals surface area (Å²) < 4.78 is 10.8. The fraction of sp³-hybridized carbons (Fsp3) is 0.192. The number of rotatable bonds is 8. The molecule has 0 bridgehead atoms. The van der Waals surface area contributed by atoms with Crippen LogP contribution in [-0.4, -0.2) is 25.2 Å². The number of para-hydroxylation sites is 1. The molecular formula is C26H27N3O2S. The lowest BCUT2D eigenvalue weighted by Crippen LogP contribution is -2.25. The number of aromatic nitrogens is 1. The first kappa shape index (κ1) is 21.7. The van der Waals surface area contributed by atoms with Crippen molar-refractivity contribution in [1.82, 2.24) is 4.98 Å². The van der Waals surface area contributed by atoms with E-state index in [1.54, 1.807) is 25.6 Å². The molecule has 0 atom stereocenters. The van der Waals surface area contributed by atoms with E-state index in [1.165, 1.54) is 5.69 Å². The van der Waals surface area contributed by atoms with Crippen LogP contribution in [0.4, 0.5) is 22.2 Å². The molecule has 6 heteroatoms. The first-order valence-corrected chi connectivity index (χ1v) is 11.4. The fourth-order valence-corrected chi connectivity index (χ4v) is 4.36. The average Bonchev–Trinajstić information content (AvgIpc) is 3.28. The van der Waals surface area contributed by atoms with Crippen LogP contribution in [0.2, 0.25) is 0 Å². The van der Waals surface area contributed by atoms with Gasteiger partial charge < -0.3 is 19.7 Å². The van der Waals surface area contributed by atoms with Crippen LogP contribution in [0, 0.1) is 0 Å². The van der Waals surface area contributed by atoms with E-state index in [1.807, 2.05) is 29.6 Å². The van der Waals surface area contributed by atoms with E-state index < -0.39 is 0 Å². The average molecular weight is 446 g/mol. The Morgan fingerprint density at radius 1 is 0.875 bits per heavy atom. The van der Waals surface area contributed by atoms with Gasteiger partial charge in [0.15, 0.2) is 5.13 Å². The van der Waals surface area contributed by atoms with Crippen molar-refractivity contribution in [2.75, 3.05) is 24.4 Å². The monoisotopic (exact) mass is 445 g/mol. The smallest absolute Gasteiger partial charge is 0.187 e. The quantitative estimate of drug-likeness (QED) is 0.313. The summed E-state index contributed by atoms with van der Waals surface area (Å²) in [6.45, 7) is 4.40. The number of anilines is 4. The molecule has 164 valence electrons. The minimum absolute atomic E-state index is 0.345. The number of thiazole rings is 1. The molecule has 4 rings (SSSR count). The SMILES string of the molecule is COc1ccc(-c2csc(Nc3ccc(N(c4ccccc4)C(C)C)cc3)n2)c(OC)c1. The van der Waals surface area contributed by atoms with E-state index in [0.717, 1.165) is 39.3 Å². The third-order valence-corrected chi connectivity index (χ3v) is 5.89. The molecule has 3 aromatic carbocycles. The number of nitrogens with one attached hydrogen (secondary N) is 1. The van der Waals surface area contributed by atoms with Gasteiger partial charge in [0, 0.05) is 40.1 Å². The third-order valence-electron chi connectivity index (χ3n) is 5.14. The summed E-state index contributed by atoms with van der Waals surface area (Å²) in [4.78, 5) is 7.07. The number of hydrogen-bond donors (Lipinski definition) is 1. The Kier molecular flexibility index (Phi) is 6.61. The van der Waals surface area contributed by atoms with Crippen molar-refractivity contribution in [3.63, 3.8) is 0 Å². The maximum atomic E-state index is 5.52. The van der Waals surface area contributed by atoms with Crippen LogP contribution in [0.25, 0.3) is 11.3 Å². The molecular weight excluding hydrogens is 418 g/mol. The van der Waals surface area contributed by atoms with Gasteiger partial charge >= 0.3 is 0 Å². The Morgan fingerprint density at radius 3 is 2.25 bits per heavy atom. The normalized spacial score (nSPS) is 10.8. The Morgan fingerprint density at radius 2 is 1.59 bits per heavy atom. The summed E-state index contributed by atoms with van der Waals surface area (Å²) in [6.07, 6.45) is 0. The van der Waals surface area contributed by atoms with Crippen LogP contribution in [0.1, 0.15) is 13.8 Å². The second kappa shape index (κ2) is 9.75. The topological polar surface area (TPSA) is 46.6 Å². The first-order valence-electron chi connectivity index (χ1n) is 10.5. The van der Waals surface area contributed by atoms with Crippen LogP contribution in [-0.2, 0) is 0 Å². The molecule has 1 heterocycles. The maximum absolute atomic E-state index is 5.52. The highest BCUT2D eigenvalue weighted by Gasteiger charge is 2.14. The Hall–Kier alpha value is -3.51. The van der Waals surface area contributed by atoms with Crippen LogP contribution in [0.5, 0.6) is 11.5 Å². The molecule has 0 radical (unpaired) electrons. The molecule has 1 aromatic heterocycles. The number of ether oxygens (including phenoxy) is 2. The van der Waals surface area contributed by atoms with E-state index in [0.29, 0.717) is 6.04 Å². The fourth-order valence-electron chi connectivity index (χ4n) is 3.63. The maximum Gasteiger partial charge on any atom is 0.187 e. The van der Waals surface area contributed by atoms with Gasteiger partial charge in [0.1, 0.15) is 11.5 Å². The molecule has 0 spiro atoms. The lowest BCUT2D eigenvalue weighted by Gasteiger charge is -2.29. The van der Waals surface area contributed by atoms with E-state index in [4.69, 9.17) is 14.5 Å². The highest BCUT2D eigenvalue weighted by Crippen LogP contribution is 2.36. The number of methoxy groups -OCH3 is 2. The summed E-state index contributed by atoms with van der Waals surface area (Å²) >= 11 is 1.56. The van der Waals surface area contributed by atoms with Gasteiger partial charge in [-0.15, -0.1) is 11.3 Å². The van der Waals surface area contributed by atoms with E-state index in [2.05, 4.69) is 72.6 Å². The number of nitrogens with zero attached hydrogens (tertiary/aromatic N) is 2. The summed E-state index contributed by atoms with van der Waals surface area (Å²) in [5, 5.41) is 6.27. The van der Waals surface area contributed by atoms with Gasteiger partial charge in [-0.2, -0.15) is 0 Å². The lowest BCUT2D eigenvalue weighted by atomic mass is 10.1. The molecule has 0 aliphatic heterocycles. The van der Waals surface area contributed by atoms with Crippen LogP contribution >= 0.6 is 11.3 Å².